The molecule has 0 aromatic carbocycles. The summed E-state index contributed by atoms with van der Waals surface area (Å²) in [6.07, 6.45) is -2.19. The van der Waals surface area contributed by atoms with Crippen LogP contribution in [-0.4, -0.2) is 49.3 Å². The summed E-state index contributed by atoms with van der Waals surface area (Å²) in [4.78, 5) is 24.7. The van der Waals surface area contributed by atoms with Crippen molar-refractivity contribution in [3.63, 3.8) is 0 Å². The zero-order chi connectivity index (χ0) is 15.6. The third kappa shape index (κ3) is 3.05. The van der Waals surface area contributed by atoms with Gasteiger partial charge in [-0.15, -0.1) is 0 Å². The third-order valence-electron chi connectivity index (χ3n) is 3.29. The fourth-order valence-electron chi connectivity index (χ4n) is 2.21. The van der Waals surface area contributed by atoms with Crippen molar-refractivity contribution in [2.75, 3.05) is 0 Å². The summed E-state index contributed by atoms with van der Waals surface area (Å²) in [5.41, 5.74) is 3.80. The van der Waals surface area contributed by atoms with Crippen LogP contribution >= 0.6 is 0 Å². The molecule has 9 heteroatoms. The number of nitrogens with one attached hydrogen (secondary N) is 1. The topological polar surface area (TPSA) is 151 Å². The van der Waals surface area contributed by atoms with Crippen molar-refractivity contribution in [1.82, 2.24) is 9.55 Å². The van der Waals surface area contributed by atoms with Crippen molar-refractivity contribution >= 4 is 0 Å². The maximum atomic E-state index is 11.7. The number of aliphatic hydroxyl groups is 3. The van der Waals surface area contributed by atoms with E-state index in [1.807, 2.05) is 4.98 Å². The highest BCUT2D eigenvalue weighted by atomic mass is 16.6. The Hall–Kier alpha value is -1.94. The number of nitrogens with zero attached hydrogens (tertiary/aromatic N) is 1. The van der Waals surface area contributed by atoms with Crippen molar-refractivity contribution < 1.29 is 20.1 Å². The van der Waals surface area contributed by atoms with E-state index in [4.69, 9.17) is 10.5 Å². The molecule has 6 N–H and O–H groups in total. The third-order valence-corrected chi connectivity index (χ3v) is 3.29. The molecule has 1 unspecified atom stereocenters. The Kier molecular flexibility index (Phi) is 4.58. The molecular formula is C12H17N3O6. The molecule has 1 aromatic rings. The molecule has 0 amide bonds. The number of aromatic amines is 1. The number of aromatic nitrogens is 2. The molecule has 116 valence electrons. The second-order valence-corrected chi connectivity index (χ2v) is 4.72. The molecule has 2 heterocycles. The molecule has 1 aliphatic rings. The van der Waals surface area contributed by atoms with Crippen LogP contribution in [0.2, 0.25) is 0 Å². The van der Waals surface area contributed by atoms with Crippen LogP contribution in [0.1, 0.15) is 12.6 Å². The largest absolute Gasteiger partial charge is 0.405 e. The molecular weight excluding hydrogens is 282 g/mol. The maximum absolute atomic E-state index is 11.7. The van der Waals surface area contributed by atoms with Crippen LogP contribution in [0.5, 0.6) is 0 Å². The summed E-state index contributed by atoms with van der Waals surface area (Å²) in [6.45, 7) is 0. The molecule has 1 aromatic heterocycles. The number of aliphatic hydroxyl groups excluding tert-OH is 3. The summed E-state index contributed by atoms with van der Waals surface area (Å²) in [5, 5.41) is 29.8. The molecule has 0 saturated carbocycles. The van der Waals surface area contributed by atoms with Gasteiger partial charge >= 0.3 is 5.69 Å². The standard InChI is InChI=1S/C12H17N3O6/c13-4-1-2-6(16)10-8(18)9(19)11(21-10)15-5-3-7(17)14-12(15)20/h1,3-6,8-11,16,18-19H,2,13H2,(H,14,17,20)/t6?,8-,9+,10+,11+/m0/s1. The van der Waals surface area contributed by atoms with Crippen LogP contribution in [0.15, 0.2) is 34.1 Å². The Morgan fingerprint density at radius 3 is 2.76 bits per heavy atom. The van der Waals surface area contributed by atoms with Gasteiger partial charge in [0.25, 0.3) is 5.56 Å². The zero-order valence-corrected chi connectivity index (χ0v) is 11.0. The van der Waals surface area contributed by atoms with Gasteiger partial charge in [0.15, 0.2) is 6.23 Å². The average molecular weight is 299 g/mol. The van der Waals surface area contributed by atoms with E-state index in [1.54, 1.807) is 0 Å². The number of ether oxygens (including phenoxy) is 1. The lowest BCUT2D eigenvalue weighted by molar-refractivity contribution is -0.0847. The van der Waals surface area contributed by atoms with E-state index >= 15 is 0 Å². The highest BCUT2D eigenvalue weighted by Crippen LogP contribution is 2.30. The van der Waals surface area contributed by atoms with Gasteiger partial charge in [-0.05, 0) is 12.6 Å². The molecule has 21 heavy (non-hydrogen) atoms. The van der Waals surface area contributed by atoms with Crippen LogP contribution in [0, 0.1) is 0 Å². The van der Waals surface area contributed by atoms with Crippen LogP contribution < -0.4 is 17.0 Å². The van der Waals surface area contributed by atoms with Gasteiger partial charge in [-0.2, -0.15) is 0 Å². The van der Waals surface area contributed by atoms with Gasteiger partial charge in [-0.1, -0.05) is 6.08 Å². The van der Waals surface area contributed by atoms with E-state index in [-0.39, 0.29) is 6.42 Å². The molecule has 1 saturated heterocycles. The van der Waals surface area contributed by atoms with E-state index in [0.717, 1.165) is 16.8 Å². The number of hydrogen-bond acceptors (Lipinski definition) is 7. The van der Waals surface area contributed by atoms with E-state index in [2.05, 4.69) is 0 Å². The van der Waals surface area contributed by atoms with Gasteiger partial charge in [-0.25, -0.2) is 4.79 Å². The van der Waals surface area contributed by atoms with Crippen LogP contribution in [0.25, 0.3) is 0 Å². The summed E-state index contributed by atoms with van der Waals surface area (Å²) in [6, 6.07) is 1.09. The average Bonchev–Trinajstić information content (AvgIpc) is 2.73. The van der Waals surface area contributed by atoms with Crippen LogP contribution in [0.3, 0.4) is 0 Å². The van der Waals surface area contributed by atoms with Gasteiger partial charge in [0.1, 0.15) is 18.3 Å². The Morgan fingerprint density at radius 1 is 1.43 bits per heavy atom. The summed E-state index contributed by atoms with van der Waals surface area (Å²) >= 11 is 0. The van der Waals surface area contributed by atoms with Gasteiger partial charge < -0.3 is 25.8 Å². The molecule has 0 spiro atoms. The Morgan fingerprint density at radius 2 is 2.14 bits per heavy atom. The molecule has 9 nitrogen and oxygen atoms in total. The molecule has 1 aliphatic heterocycles. The van der Waals surface area contributed by atoms with Crippen molar-refractivity contribution in [2.45, 2.75) is 37.1 Å². The van der Waals surface area contributed by atoms with Crippen molar-refractivity contribution in [3.8, 4) is 0 Å². The van der Waals surface area contributed by atoms with E-state index in [9.17, 15) is 24.9 Å². The predicted octanol–water partition coefficient (Wildman–Crippen LogP) is -2.62. The minimum absolute atomic E-state index is 0.123. The molecule has 0 aliphatic carbocycles. The summed E-state index contributed by atoms with van der Waals surface area (Å²) in [5.74, 6) is 0. The molecule has 5 atom stereocenters. The highest BCUT2D eigenvalue weighted by Gasteiger charge is 2.46. The summed E-state index contributed by atoms with van der Waals surface area (Å²) < 4.78 is 6.31. The van der Waals surface area contributed by atoms with E-state index < -0.39 is 41.9 Å². The summed E-state index contributed by atoms with van der Waals surface area (Å²) in [7, 11) is 0. The number of nitrogens with two attached hydrogens (primary N) is 1. The molecule has 2 rings (SSSR count). The van der Waals surface area contributed by atoms with Gasteiger partial charge in [-0.3, -0.25) is 14.3 Å². The first-order valence-electron chi connectivity index (χ1n) is 6.33. The Bertz CT molecular complexity index is 624. The highest BCUT2D eigenvalue weighted by molar-refractivity contribution is 4.97. The minimum Gasteiger partial charge on any atom is -0.405 e. The minimum atomic E-state index is -1.42. The first kappa shape index (κ1) is 15.4. The molecule has 0 bridgehead atoms. The first-order chi connectivity index (χ1) is 9.95. The zero-order valence-electron chi connectivity index (χ0n) is 11.0. The fourth-order valence-corrected chi connectivity index (χ4v) is 2.21. The fraction of sp³-hybridized carbons (Fsp3) is 0.500. The second-order valence-electron chi connectivity index (χ2n) is 4.72. The molecule has 1 fully saturated rings. The SMILES string of the molecule is NC=CCC(O)[C@H]1O[C@@H](n2ccc(=O)[nH]c2=O)[C@H](O)[C@@H]1O. The number of rotatable bonds is 4. The second kappa shape index (κ2) is 6.22. The molecule has 0 radical (unpaired) electrons. The smallest absolute Gasteiger partial charge is 0.330 e. The van der Waals surface area contributed by atoms with Crippen LogP contribution in [0.4, 0.5) is 0 Å². The van der Waals surface area contributed by atoms with Crippen molar-refractivity contribution in [2.24, 2.45) is 5.73 Å². The lowest BCUT2D eigenvalue weighted by atomic mass is 10.0. The quantitative estimate of drug-likeness (QED) is 0.408. The first-order valence-corrected chi connectivity index (χ1v) is 6.33. The van der Waals surface area contributed by atoms with E-state index in [1.165, 1.54) is 12.3 Å². The number of hydrogen-bond donors (Lipinski definition) is 5. The predicted molar refractivity (Wildman–Crippen MR) is 71.2 cm³/mol. The Balaban J connectivity index is 2.23. The number of H-pyrrole nitrogens is 1. The van der Waals surface area contributed by atoms with Crippen molar-refractivity contribution in [1.29, 1.82) is 0 Å². The maximum Gasteiger partial charge on any atom is 0.330 e. The van der Waals surface area contributed by atoms with Gasteiger partial charge in [0, 0.05) is 12.3 Å². The lowest BCUT2D eigenvalue weighted by Gasteiger charge is -2.19. The van der Waals surface area contributed by atoms with Gasteiger partial charge in [0.2, 0.25) is 0 Å². The van der Waals surface area contributed by atoms with Crippen molar-refractivity contribution in [3.05, 3.63) is 45.4 Å². The Labute approximate surface area is 118 Å². The monoisotopic (exact) mass is 299 g/mol. The van der Waals surface area contributed by atoms with E-state index in [0.29, 0.717) is 0 Å². The van der Waals surface area contributed by atoms with Crippen LogP contribution in [-0.2, 0) is 4.74 Å². The lowest BCUT2D eigenvalue weighted by Crippen LogP contribution is -2.39. The van der Waals surface area contributed by atoms with Gasteiger partial charge in [0.05, 0.1) is 6.10 Å². The normalized spacial score (nSPS) is 30.8.